The molecule has 1 aromatic rings. The SMILES string of the molecule is NNc1ncc(Br)cc1C(=O)N1CCCN2CCCC2C1. The van der Waals surface area contributed by atoms with E-state index in [9.17, 15) is 4.79 Å². The molecule has 1 unspecified atom stereocenters. The van der Waals surface area contributed by atoms with Crippen LogP contribution in [-0.2, 0) is 0 Å². The number of fused-ring (bicyclic) bond motifs is 1. The molecule has 0 aromatic carbocycles. The molecule has 3 heterocycles. The van der Waals surface area contributed by atoms with E-state index in [1.165, 1.54) is 19.4 Å². The van der Waals surface area contributed by atoms with Crippen molar-refractivity contribution in [2.45, 2.75) is 25.3 Å². The highest BCUT2D eigenvalue weighted by Gasteiger charge is 2.31. The van der Waals surface area contributed by atoms with Crippen LogP contribution in [0.15, 0.2) is 16.7 Å². The summed E-state index contributed by atoms with van der Waals surface area (Å²) in [4.78, 5) is 21.4. The van der Waals surface area contributed by atoms with Crippen molar-refractivity contribution in [1.29, 1.82) is 0 Å². The lowest BCUT2D eigenvalue weighted by molar-refractivity contribution is 0.0744. The molecule has 3 N–H and O–H groups in total. The molecule has 0 aliphatic carbocycles. The molecule has 0 spiro atoms. The van der Waals surface area contributed by atoms with Crippen LogP contribution in [0.25, 0.3) is 0 Å². The van der Waals surface area contributed by atoms with Crippen LogP contribution in [0.1, 0.15) is 29.6 Å². The molecule has 1 atom stereocenters. The number of hydrogen-bond donors (Lipinski definition) is 2. The van der Waals surface area contributed by atoms with E-state index >= 15 is 0 Å². The quantitative estimate of drug-likeness (QED) is 0.621. The zero-order chi connectivity index (χ0) is 14.8. The Hall–Kier alpha value is -1.18. The molecule has 7 heteroatoms. The maximum absolute atomic E-state index is 12.8. The molecule has 2 fully saturated rings. The van der Waals surface area contributed by atoms with Crippen molar-refractivity contribution in [3.8, 4) is 0 Å². The number of nitrogen functional groups attached to an aromatic ring is 1. The lowest BCUT2D eigenvalue weighted by Gasteiger charge is -2.26. The molecule has 0 radical (unpaired) electrons. The van der Waals surface area contributed by atoms with Gasteiger partial charge in [0, 0.05) is 36.3 Å². The Bertz CT molecular complexity index is 538. The fourth-order valence-corrected chi connectivity index (χ4v) is 3.61. The average Bonchev–Trinajstić information content (AvgIpc) is 2.83. The van der Waals surface area contributed by atoms with E-state index in [2.05, 4.69) is 31.2 Å². The highest BCUT2D eigenvalue weighted by Crippen LogP contribution is 2.24. The number of carbonyl (C=O) groups is 1. The third kappa shape index (κ3) is 3.04. The Kier molecular flexibility index (Phi) is 4.42. The van der Waals surface area contributed by atoms with Crippen molar-refractivity contribution in [1.82, 2.24) is 14.8 Å². The van der Waals surface area contributed by atoms with Gasteiger partial charge in [-0.25, -0.2) is 10.8 Å². The second kappa shape index (κ2) is 6.29. The maximum atomic E-state index is 12.8. The molecule has 2 saturated heterocycles. The van der Waals surface area contributed by atoms with Crippen LogP contribution in [0.4, 0.5) is 5.82 Å². The van der Waals surface area contributed by atoms with Gasteiger partial charge >= 0.3 is 0 Å². The van der Waals surface area contributed by atoms with Crippen LogP contribution in [0.2, 0.25) is 0 Å². The molecule has 2 aliphatic rings. The Balaban J connectivity index is 1.82. The van der Waals surface area contributed by atoms with Crippen LogP contribution in [0.3, 0.4) is 0 Å². The molecular formula is C14H20BrN5O. The van der Waals surface area contributed by atoms with Gasteiger partial charge in [-0.15, -0.1) is 0 Å². The highest BCUT2D eigenvalue weighted by atomic mass is 79.9. The van der Waals surface area contributed by atoms with Crippen LogP contribution in [-0.4, -0.2) is 52.9 Å². The third-order valence-electron chi connectivity index (χ3n) is 4.31. The summed E-state index contributed by atoms with van der Waals surface area (Å²) in [6.45, 7) is 3.85. The minimum Gasteiger partial charge on any atom is -0.337 e. The van der Waals surface area contributed by atoms with Gasteiger partial charge in [0.2, 0.25) is 0 Å². The molecule has 3 rings (SSSR count). The molecule has 1 amide bonds. The molecule has 0 bridgehead atoms. The van der Waals surface area contributed by atoms with Crippen LogP contribution in [0.5, 0.6) is 0 Å². The largest absolute Gasteiger partial charge is 0.337 e. The molecule has 6 nitrogen and oxygen atoms in total. The van der Waals surface area contributed by atoms with Crippen molar-refractivity contribution in [2.24, 2.45) is 5.84 Å². The molecule has 21 heavy (non-hydrogen) atoms. The standard InChI is InChI=1S/C14H20BrN5O/c15-10-7-12(13(18-16)17-8-10)14(21)20-6-2-5-19-4-1-3-11(19)9-20/h7-8,11H,1-6,9,16H2,(H,17,18). The number of hydrogen-bond acceptors (Lipinski definition) is 5. The molecular weight excluding hydrogens is 334 g/mol. The number of anilines is 1. The summed E-state index contributed by atoms with van der Waals surface area (Å²) in [5.41, 5.74) is 3.04. The minimum atomic E-state index is 0.00509. The number of halogens is 1. The minimum absolute atomic E-state index is 0.00509. The number of hydrazine groups is 1. The third-order valence-corrected chi connectivity index (χ3v) is 4.75. The van der Waals surface area contributed by atoms with Crippen LogP contribution >= 0.6 is 15.9 Å². The Morgan fingerprint density at radius 3 is 3.00 bits per heavy atom. The van der Waals surface area contributed by atoms with Gasteiger partial charge in [-0.1, -0.05) is 0 Å². The number of nitrogens with two attached hydrogens (primary N) is 1. The van der Waals surface area contributed by atoms with E-state index in [-0.39, 0.29) is 5.91 Å². The first-order chi connectivity index (χ1) is 10.2. The van der Waals surface area contributed by atoms with Crippen molar-refractivity contribution >= 4 is 27.7 Å². The van der Waals surface area contributed by atoms with Gasteiger partial charge in [0.05, 0.1) is 5.56 Å². The summed E-state index contributed by atoms with van der Waals surface area (Å²) in [5.74, 6) is 5.91. The number of nitrogens with zero attached hydrogens (tertiary/aromatic N) is 3. The summed E-state index contributed by atoms with van der Waals surface area (Å²) in [6, 6.07) is 2.29. The van der Waals surface area contributed by atoms with E-state index in [4.69, 9.17) is 5.84 Å². The summed E-state index contributed by atoms with van der Waals surface area (Å²) in [6.07, 6.45) is 5.07. The predicted molar refractivity (Wildman–Crippen MR) is 84.9 cm³/mol. The maximum Gasteiger partial charge on any atom is 0.257 e. The second-order valence-electron chi connectivity index (χ2n) is 5.63. The number of nitrogens with one attached hydrogen (secondary N) is 1. The summed E-state index contributed by atoms with van der Waals surface area (Å²) in [7, 11) is 0. The Morgan fingerprint density at radius 1 is 1.38 bits per heavy atom. The van der Waals surface area contributed by atoms with Gasteiger partial charge in [-0.3, -0.25) is 9.69 Å². The lowest BCUT2D eigenvalue weighted by Crippen LogP contribution is -2.40. The van der Waals surface area contributed by atoms with Gasteiger partial charge in [-0.05, 0) is 47.8 Å². The fraction of sp³-hybridized carbons (Fsp3) is 0.571. The Labute approximate surface area is 132 Å². The zero-order valence-electron chi connectivity index (χ0n) is 11.9. The first-order valence-electron chi connectivity index (χ1n) is 7.34. The van der Waals surface area contributed by atoms with Gasteiger partial charge in [0.15, 0.2) is 5.82 Å². The van der Waals surface area contributed by atoms with E-state index < -0.39 is 0 Å². The molecule has 2 aliphatic heterocycles. The predicted octanol–water partition coefficient (Wildman–Crippen LogP) is 1.44. The molecule has 0 saturated carbocycles. The number of rotatable bonds is 2. The van der Waals surface area contributed by atoms with E-state index in [1.807, 2.05) is 4.90 Å². The summed E-state index contributed by atoms with van der Waals surface area (Å²) < 4.78 is 0.780. The normalized spacial score (nSPS) is 22.8. The highest BCUT2D eigenvalue weighted by molar-refractivity contribution is 9.10. The summed E-state index contributed by atoms with van der Waals surface area (Å²) in [5, 5.41) is 0. The van der Waals surface area contributed by atoms with Gasteiger partial charge < -0.3 is 10.3 Å². The number of amides is 1. The summed E-state index contributed by atoms with van der Waals surface area (Å²) >= 11 is 3.37. The van der Waals surface area contributed by atoms with E-state index in [1.54, 1.807) is 12.3 Å². The van der Waals surface area contributed by atoms with Gasteiger partial charge in [0.1, 0.15) is 0 Å². The van der Waals surface area contributed by atoms with Crippen LogP contribution in [0, 0.1) is 0 Å². The second-order valence-corrected chi connectivity index (χ2v) is 6.55. The number of aromatic nitrogens is 1. The van der Waals surface area contributed by atoms with Gasteiger partial charge in [0.25, 0.3) is 5.91 Å². The van der Waals surface area contributed by atoms with Crippen molar-refractivity contribution < 1.29 is 4.79 Å². The number of carbonyl (C=O) groups excluding carboxylic acids is 1. The topological polar surface area (TPSA) is 74.5 Å². The van der Waals surface area contributed by atoms with E-state index in [0.29, 0.717) is 17.4 Å². The Morgan fingerprint density at radius 2 is 2.19 bits per heavy atom. The lowest BCUT2D eigenvalue weighted by atomic mass is 10.1. The van der Waals surface area contributed by atoms with Gasteiger partial charge in [-0.2, -0.15) is 0 Å². The number of pyridine rings is 1. The van der Waals surface area contributed by atoms with Crippen LogP contribution < -0.4 is 11.3 Å². The monoisotopic (exact) mass is 353 g/mol. The molecule has 114 valence electrons. The smallest absolute Gasteiger partial charge is 0.257 e. The van der Waals surface area contributed by atoms with Crippen molar-refractivity contribution in [2.75, 3.05) is 31.6 Å². The fourth-order valence-electron chi connectivity index (χ4n) is 3.28. The zero-order valence-corrected chi connectivity index (χ0v) is 13.5. The van der Waals surface area contributed by atoms with Crippen molar-refractivity contribution in [3.63, 3.8) is 0 Å². The first kappa shape index (κ1) is 14.7. The van der Waals surface area contributed by atoms with E-state index in [0.717, 1.165) is 30.5 Å². The molecule has 1 aromatic heterocycles. The first-order valence-corrected chi connectivity index (χ1v) is 8.14. The average molecular weight is 354 g/mol. The van der Waals surface area contributed by atoms with Crippen molar-refractivity contribution in [3.05, 3.63) is 22.3 Å².